The number of hydrogen-bond acceptors (Lipinski definition) is 4. The van der Waals surface area contributed by atoms with E-state index in [0.29, 0.717) is 0 Å². The van der Waals surface area contributed by atoms with Crippen LogP contribution in [0, 0.1) is 16.0 Å². The summed E-state index contributed by atoms with van der Waals surface area (Å²) in [5.74, 6) is 0.231. The second-order valence-electron chi connectivity index (χ2n) is 5.57. The molecule has 2 aromatic carbocycles. The van der Waals surface area contributed by atoms with Gasteiger partial charge >= 0.3 is 0 Å². The highest BCUT2D eigenvalue weighted by Gasteiger charge is 2.36. The predicted molar refractivity (Wildman–Crippen MR) is 85.3 cm³/mol. The number of benzene rings is 2. The van der Waals surface area contributed by atoms with E-state index in [1.54, 1.807) is 0 Å². The summed E-state index contributed by atoms with van der Waals surface area (Å²) in [7, 11) is -3.98. The Balaban J connectivity index is 1.95. The fourth-order valence-corrected chi connectivity index (χ4v) is 4.06. The molecule has 1 saturated carbocycles. The highest BCUT2D eigenvalue weighted by molar-refractivity contribution is 7.89. The predicted octanol–water partition coefficient (Wildman–Crippen LogP) is 3.02. The number of rotatable bonds is 6. The lowest BCUT2D eigenvalue weighted by atomic mass is 10.0. The van der Waals surface area contributed by atoms with Crippen molar-refractivity contribution in [3.8, 4) is 0 Å². The van der Waals surface area contributed by atoms with Gasteiger partial charge in [0.2, 0.25) is 10.0 Å². The number of nitro benzene ring substituents is 1. The number of nitrogens with zero attached hydrogens (tertiary/aromatic N) is 1. The molecule has 120 valence electrons. The average Bonchev–Trinajstić information content (AvgIpc) is 3.38. The molecule has 0 aromatic heterocycles. The maximum Gasteiger partial charge on any atom is 0.289 e. The average molecular weight is 332 g/mol. The molecule has 1 aliphatic carbocycles. The second-order valence-corrected chi connectivity index (χ2v) is 7.25. The van der Waals surface area contributed by atoms with Crippen LogP contribution in [0.15, 0.2) is 59.5 Å². The van der Waals surface area contributed by atoms with Crippen LogP contribution in [-0.2, 0) is 10.0 Å². The Bertz CT molecular complexity index is 817. The van der Waals surface area contributed by atoms with Crippen LogP contribution in [0.1, 0.15) is 24.4 Å². The molecule has 1 atom stereocenters. The van der Waals surface area contributed by atoms with Gasteiger partial charge in [0, 0.05) is 12.1 Å². The standard InChI is InChI=1S/C16H16N2O4S/c19-18(20)14-8-4-5-9-15(14)23(21,22)17-16(13-10-11-13)12-6-2-1-3-7-12/h1-9,13,16-17H,10-11H2/t16-/m0/s1. The van der Waals surface area contributed by atoms with Gasteiger partial charge in [-0.05, 0) is 30.4 Å². The summed E-state index contributed by atoms with van der Waals surface area (Å²) in [6.45, 7) is 0. The summed E-state index contributed by atoms with van der Waals surface area (Å²) in [5, 5.41) is 11.1. The number of sulfonamides is 1. The molecule has 1 fully saturated rings. The summed E-state index contributed by atoms with van der Waals surface area (Å²) >= 11 is 0. The van der Waals surface area contributed by atoms with E-state index in [2.05, 4.69) is 4.72 Å². The summed E-state index contributed by atoms with van der Waals surface area (Å²) in [5.41, 5.74) is 0.458. The van der Waals surface area contributed by atoms with Crippen LogP contribution in [0.25, 0.3) is 0 Å². The van der Waals surface area contributed by atoms with Gasteiger partial charge in [-0.1, -0.05) is 42.5 Å². The second kappa shape index (κ2) is 6.10. The van der Waals surface area contributed by atoms with Crippen molar-refractivity contribution in [1.29, 1.82) is 0 Å². The molecule has 1 aliphatic rings. The minimum Gasteiger partial charge on any atom is -0.258 e. The highest BCUT2D eigenvalue weighted by Crippen LogP contribution is 2.42. The summed E-state index contributed by atoms with van der Waals surface area (Å²) in [6, 6.07) is 14.3. The van der Waals surface area contributed by atoms with Crippen molar-refractivity contribution in [1.82, 2.24) is 4.72 Å². The van der Waals surface area contributed by atoms with Crippen molar-refractivity contribution in [3.05, 3.63) is 70.3 Å². The molecule has 7 heteroatoms. The first kappa shape index (κ1) is 15.6. The zero-order valence-corrected chi connectivity index (χ0v) is 13.1. The van der Waals surface area contributed by atoms with E-state index in [1.807, 2.05) is 30.3 Å². The normalized spacial score (nSPS) is 16.0. The molecule has 2 aromatic rings. The van der Waals surface area contributed by atoms with Crippen LogP contribution in [0.3, 0.4) is 0 Å². The van der Waals surface area contributed by atoms with Crippen LogP contribution < -0.4 is 4.72 Å². The highest BCUT2D eigenvalue weighted by atomic mass is 32.2. The zero-order chi connectivity index (χ0) is 16.4. The fourth-order valence-electron chi connectivity index (χ4n) is 2.59. The Morgan fingerprint density at radius 1 is 1.04 bits per heavy atom. The first-order valence-corrected chi connectivity index (χ1v) is 8.78. The molecule has 1 N–H and O–H groups in total. The minimum atomic E-state index is -3.98. The molecule has 23 heavy (non-hydrogen) atoms. The first-order valence-electron chi connectivity index (χ1n) is 7.30. The molecule has 0 aliphatic heterocycles. The van der Waals surface area contributed by atoms with E-state index >= 15 is 0 Å². The van der Waals surface area contributed by atoms with E-state index in [9.17, 15) is 18.5 Å². The van der Waals surface area contributed by atoms with Gasteiger partial charge in [0.25, 0.3) is 5.69 Å². The Labute approximate surface area is 134 Å². The van der Waals surface area contributed by atoms with Crippen molar-refractivity contribution in [2.45, 2.75) is 23.8 Å². The van der Waals surface area contributed by atoms with Gasteiger partial charge in [-0.3, -0.25) is 10.1 Å². The largest absolute Gasteiger partial charge is 0.289 e. The third kappa shape index (κ3) is 3.40. The number of nitro groups is 1. The monoisotopic (exact) mass is 332 g/mol. The van der Waals surface area contributed by atoms with Crippen molar-refractivity contribution in [2.24, 2.45) is 5.92 Å². The summed E-state index contributed by atoms with van der Waals surface area (Å²) in [4.78, 5) is 10.1. The lowest BCUT2D eigenvalue weighted by molar-refractivity contribution is -0.387. The van der Waals surface area contributed by atoms with Crippen molar-refractivity contribution in [3.63, 3.8) is 0 Å². The Hall–Kier alpha value is -2.25. The van der Waals surface area contributed by atoms with Crippen LogP contribution >= 0.6 is 0 Å². The quantitative estimate of drug-likeness (QED) is 0.650. The molecule has 0 amide bonds. The first-order chi connectivity index (χ1) is 11.0. The Morgan fingerprint density at radius 3 is 2.26 bits per heavy atom. The molecule has 0 unspecified atom stereocenters. The fraction of sp³-hybridized carbons (Fsp3) is 0.250. The van der Waals surface area contributed by atoms with Gasteiger partial charge in [-0.25, -0.2) is 13.1 Å². The van der Waals surface area contributed by atoms with Crippen molar-refractivity contribution >= 4 is 15.7 Å². The van der Waals surface area contributed by atoms with E-state index in [4.69, 9.17) is 0 Å². The number of para-hydroxylation sites is 1. The lowest BCUT2D eigenvalue weighted by Crippen LogP contribution is -2.30. The molecular formula is C16H16N2O4S. The third-order valence-corrected chi connectivity index (χ3v) is 5.37. The van der Waals surface area contributed by atoms with E-state index in [1.165, 1.54) is 24.3 Å². The Kier molecular flexibility index (Phi) is 4.14. The van der Waals surface area contributed by atoms with Gasteiger partial charge in [-0.2, -0.15) is 0 Å². The van der Waals surface area contributed by atoms with Crippen LogP contribution in [0.4, 0.5) is 5.69 Å². The van der Waals surface area contributed by atoms with E-state index in [0.717, 1.165) is 18.4 Å². The van der Waals surface area contributed by atoms with Crippen LogP contribution in [0.2, 0.25) is 0 Å². The van der Waals surface area contributed by atoms with Gasteiger partial charge in [-0.15, -0.1) is 0 Å². The topological polar surface area (TPSA) is 89.3 Å². The van der Waals surface area contributed by atoms with Gasteiger partial charge < -0.3 is 0 Å². The summed E-state index contributed by atoms with van der Waals surface area (Å²) in [6.07, 6.45) is 1.89. The minimum absolute atomic E-state index is 0.231. The zero-order valence-electron chi connectivity index (χ0n) is 12.3. The van der Waals surface area contributed by atoms with Crippen molar-refractivity contribution in [2.75, 3.05) is 0 Å². The SMILES string of the molecule is O=[N+]([O-])c1ccccc1S(=O)(=O)N[C@@H](c1ccccc1)C1CC1. The molecule has 6 nitrogen and oxygen atoms in total. The van der Waals surface area contributed by atoms with Crippen molar-refractivity contribution < 1.29 is 13.3 Å². The van der Waals surface area contributed by atoms with Crippen LogP contribution in [-0.4, -0.2) is 13.3 Å². The molecule has 0 saturated heterocycles. The smallest absolute Gasteiger partial charge is 0.258 e. The van der Waals surface area contributed by atoms with E-state index < -0.39 is 20.6 Å². The van der Waals surface area contributed by atoms with Gasteiger partial charge in [0.1, 0.15) is 0 Å². The lowest BCUT2D eigenvalue weighted by Gasteiger charge is -2.18. The Morgan fingerprint density at radius 2 is 1.65 bits per heavy atom. The molecule has 0 spiro atoms. The number of nitrogens with one attached hydrogen (secondary N) is 1. The molecule has 3 rings (SSSR count). The number of hydrogen-bond donors (Lipinski definition) is 1. The van der Waals surface area contributed by atoms with E-state index in [-0.39, 0.29) is 16.9 Å². The molecule has 0 radical (unpaired) electrons. The maximum absolute atomic E-state index is 12.7. The van der Waals surface area contributed by atoms with Gasteiger partial charge in [0.05, 0.1) is 4.92 Å². The molecule has 0 bridgehead atoms. The molecular weight excluding hydrogens is 316 g/mol. The van der Waals surface area contributed by atoms with Crippen LogP contribution in [0.5, 0.6) is 0 Å². The molecule has 0 heterocycles. The van der Waals surface area contributed by atoms with Gasteiger partial charge in [0.15, 0.2) is 4.90 Å². The third-order valence-electron chi connectivity index (χ3n) is 3.89. The summed E-state index contributed by atoms with van der Waals surface area (Å²) < 4.78 is 28.0. The maximum atomic E-state index is 12.7.